The highest BCUT2D eigenvalue weighted by Gasteiger charge is 2.17. The summed E-state index contributed by atoms with van der Waals surface area (Å²) in [5, 5.41) is 9.12. The molecule has 2 N–H and O–H groups in total. The lowest BCUT2D eigenvalue weighted by Crippen LogP contribution is -1.98. The Labute approximate surface area is 115 Å². The van der Waals surface area contributed by atoms with E-state index in [9.17, 15) is 4.79 Å². The lowest BCUT2D eigenvalue weighted by molar-refractivity contribution is 0.0685. The maximum atomic E-state index is 11.1. The number of hydrogen-bond donors (Lipinski definition) is 2. The normalized spacial score (nSPS) is 10.4. The van der Waals surface area contributed by atoms with Gasteiger partial charge in [0.05, 0.1) is 11.4 Å². The zero-order valence-electron chi connectivity index (χ0n) is 10.6. The van der Waals surface area contributed by atoms with Crippen molar-refractivity contribution in [3.05, 3.63) is 66.5 Å². The number of rotatable bonds is 3. The number of carbonyl (C=O) groups is 1. The van der Waals surface area contributed by atoms with E-state index in [1.165, 1.54) is 0 Å². The van der Waals surface area contributed by atoms with Gasteiger partial charge in [-0.3, -0.25) is 0 Å². The Morgan fingerprint density at radius 3 is 2.00 bits per heavy atom. The van der Waals surface area contributed by atoms with E-state index in [0.717, 1.165) is 11.1 Å². The predicted octanol–water partition coefficient (Wildman–Crippen LogP) is 3.44. The van der Waals surface area contributed by atoms with Crippen LogP contribution in [-0.2, 0) is 0 Å². The molecular formula is C16H12N2O2. The number of nitrogens with one attached hydrogen (secondary N) is 1. The summed E-state index contributed by atoms with van der Waals surface area (Å²) < 4.78 is 0. The number of carboxylic acid groups (broad SMARTS) is 1. The largest absolute Gasteiger partial charge is 0.475 e. The lowest BCUT2D eigenvalue weighted by Gasteiger charge is -2.02. The summed E-state index contributed by atoms with van der Waals surface area (Å²) in [7, 11) is 0. The van der Waals surface area contributed by atoms with Crippen LogP contribution in [-0.4, -0.2) is 21.0 Å². The monoisotopic (exact) mass is 264 g/mol. The molecule has 0 aliphatic carbocycles. The van der Waals surface area contributed by atoms with E-state index >= 15 is 0 Å². The molecule has 0 saturated heterocycles. The molecule has 3 aromatic rings. The third-order valence-electron chi connectivity index (χ3n) is 3.02. The number of aromatic carboxylic acids is 1. The van der Waals surface area contributed by atoms with Crippen LogP contribution in [0.25, 0.3) is 22.5 Å². The van der Waals surface area contributed by atoms with Gasteiger partial charge in [0, 0.05) is 11.1 Å². The number of hydrogen-bond acceptors (Lipinski definition) is 2. The maximum Gasteiger partial charge on any atom is 0.371 e. The van der Waals surface area contributed by atoms with Crippen LogP contribution in [0.4, 0.5) is 0 Å². The van der Waals surface area contributed by atoms with Crippen LogP contribution in [0.2, 0.25) is 0 Å². The molecule has 4 nitrogen and oxygen atoms in total. The second kappa shape index (κ2) is 5.01. The Morgan fingerprint density at radius 1 is 0.900 bits per heavy atom. The minimum atomic E-state index is -1.07. The van der Waals surface area contributed by atoms with Gasteiger partial charge in [-0.25, -0.2) is 9.78 Å². The molecule has 0 spiro atoms. The molecule has 20 heavy (non-hydrogen) atoms. The van der Waals surface area contributed by atoms with Crippen LogP contribution in [0.3, 0.4) is 0 Å². The molecule has 0 aliphatic rings. The van der Waals surface area contributed by atoms with Gasteiger partial charge < -0.3 is 10.1 Å². The Balaban J connectivity index is 2.20. The van der Waals surface area contributed by atoms with E-state index in [2.05, 4.69) is 9.97 Å². The fourth-order valence-corrected chi connectivity index (χ4v) is 2.09. The Hall–Kier alpha value is -2.88. The van der Waals surface area contributed by atoms with Gasteiger partial charge in [0.15, 0.2) is 0 Å². The van der Waals surface area contributed by atoms with Crippen LogP contribution in [0.15, 0.2) is 60.7 Å². The van der Waals surface area contributed by atoms with E-state index in [-0.39, 0.29) is 5.82 Å². The summed E-state index contributed by atoms with van der Waals surface area (Å²) in [6.07, 6.45) is 0. The van der Waals surface area contributed by atoms with Gasteiger partial charge in [-0.2, -0.15) is 0 Å². The third-order valence-corrected chi connectivity index (χ3v) is 3.02. The van der Waals surface area contributed by atoms with Crippen molar-refractivity contribution >= 4 is 5.97 Å². The summed E-state index contributed by atoms with van der Waals surface area (Å²) in [5.74, 6) is -1.12. The van der Waals surface area contributed by atoms with E-state index in [0.29, 0.717) is 11.4 Å². The number of aromatic amines is 1. The smallest absolute Gasteiger partial charge is 0.371 e. The quantitative estimate of drug-likeness (QED) is 0.761. The first kappa shape index (κ1) is 12.2. The van der Waals surface area contributed by atoms with Crippen LogP contribution < -0.4 is 0 Å². The van der Waals surface area contributed by atoms with Crippen molar-refractivity contribution < 1.29 is 9.90 Å². The zero-order valence-corrected chi connectivity index (χ0v) is 10.6. The molecule has 98 valence electrons. The molecule has 0 fully saturated rings. The first-order chi connectivity index (χ1) is 9.75. The summed E-state index contributed by atoms with van der Waals surface area (Å²) in [6.45, 7) is 0. The first-order valence-corrected chi connectivity index (χ1v) is 6.20. The molecule has 0 radical (unpaired) electrons. The molecule has 0 atom stereocenters. The second-order valence-electron chi connectivity index (χ2n) is 4.35. The molecule has 3 rings (SSSR count). The van der Waals surface area contributed by atoms with Gasteiger partial charge in [-0.1, -0.05) is 60.7 Å². The lowest BCUT2D eigenvalue weighted by atomic mass is 10.1. The van der Waals surface area contributed by atoms with Crippen LogP contribution in [0.5, 0.6) is 0 Å². The number of carboxylic acids is 1. The Morgan fingerprint density at radius 2 is 1.45 bits per heavy atom. The molecule has 4 heteroatoms. The predicted molar refractivity (Wildman–Crippen MR) is 76.4 cm³/mol. The van der Waals surface area contributed by atoms with Crippen molar-refractivity contribution in [1.82, 2.24) is 9.97 Å². The maximum absolute atomic E-state index is 11.1. The summed E-state index contributed by atoms with van der Waals surface area (Å²) in [4.78, 5) is 18.2. The molecule has 2 aromatic carbocycles. The number of nitrogens with zero attached hydrogens (tertiary/aromatic N) is 1. The number of H-pyrrole nitrogens is 1. The van der Waals surface area contributed by atoms with E-state index < -0.39 is 5.97 Å². The number of aromatic nitrogens is 2. The highest BCUT2D eigenvalue weighted by Crippen LogP contribution is 2.29. The van der Waals surface area contributed by atoms with Crippen molar-refractivity contribution in [3.8, 4) is 22.5 Å². The van der Waals surface area contributed by atoms with E-state index in [1.54, 1.807) is 0 Å². The Kier molecular flexibility index (Phi) is 3.05. The minimum absolute atomic E-state index is 0.0530. The van der Waals surface area contributed by atoms with Crippen molar-refractivity contribution in [2.24, 2.45) is 0 Å². The molecule has 0 bridgehead atoms. The van der Waals surface area contributed by atoms with E-state index in [1.807, 2.05) is 60.7 Å². The van der Waals surface area contributed by atoms with Crippen molar-refractivity contribution in [1.29, 1.82) is 0 Å². The highest BCUT2D eigenvalue weighted by molar-refractivity contribution is 5.88. The fourth-order valence-electron chi connectivity index (χ4n) is 2.09. The SMILES string of the molecule is O=C(O)c1nc(-c2ccccc2)c(-c2ccccc2)[nH]1. The van der Waals surface area contributed by atoms with Crippen LogP contribution >= 0.6 is 0 Å². The summed E-state index contributed by atoms with van der Waals surface area (Å²) >= 11 is 0. The fraction of sp³-hybridized carbons (Fsp3) is 0. The Bertz CT molecular complexity index is 677. The van der Waals surface area contributed by atoms with E-state index in [4.69, 9.17) is 5.11 Å². The number of benzene rings is 2. The standard InChI is InChI=1S/C16H12N2O2/c19-16(20)15-17-13(11-7-3-1-4-8-11)14(18-15)12-9-5-2-6-10-12/h1-10H,(H,17,18)(H,19,20). The third kappa shape index (κ3) is 2.19. The summed E-state index contributed by atoms with van der Waals surface area (Å²) in [6, 6.07) is 19.1. The van der Waals surface area contributed by atoms with Gasteiger partial charge in [0.25, 0.3) is 0 Å². The molecule has 0 saturated carbocycles. The van der Waals surface area contributed by atoms with Crippen LogP contribution in [0, 0.1) is 0 Å². The minimum Gasteiger partial charge on any atom is -0.475 e. The van der Waals surface area contributed by atoms with Crippen molar-refractivity contribution in [2.45, 2.75) is 0 Å². The topological polar surface area (TPSA) is 66.0 Å². The van der Waals surface area contributed by atoms with Crippen molar-refractivity contribution in [2.75, 3.05) is 0 Å². The van der Waals surface area contributed by atoms with Crippen molar-refractivity contribution in [3.63, 3.8) is 0 Å². The highest BCUT2D eigenvalue weighted by atomic mass is 16.4. The number of imidazole rings is 1. The molecular weight excluding hydrogens is 252 g/mol. The van der Waals surface area contributed by atoms with Gasteiger partial charge in [0.1, 0.15) is 0 Å². The second-order valence-corrected chi connectivity index (χ2v) is 4.35. The average molecular weight is 264 g/mol. The zero-order chi connectivity index (χ0) is 13.9. The van der Waals surface area contributed by atoms with Crippen LogP contribution in [0.1, 0.15) is 10.6 Å². The molecule has 1 heterocycles. The first-order valence-electron chi connectivity index (χ1n) is 6.20. The molecule has 0 unspecified atom stereocenters. The molecule has 0 aliphatic heterocycles. The molecule has 0 amide bonds. The van der Waals surface area contributed by atoms with Gasteiger partial charge in [-0.15, -0.1) is 0 Å². The van der Waals surface area contributed by atoms with Gasteiger partial charge in [0.2, 0.25) is 5.82 Å². The average Bonchev–Trinajstić information content (AvgIpc) is 2.94. The molecule has 1 aromatic heterocycles. The van der Waals surface area contributed by atoms with Gasteiger partial charge >= 0.3 is 5.97 Å². The summed E-state index contributed by atoms with van der Waals surface area (Å²) in [5.41, 5.74) is 3.16. The van der Waals surface area contributed by atoms with Gasteiger partial charge in [-0.05, 0) is 0 Å².